The number of nitrogens with zero attached hydrogens (tertiary/aromatic N) is 1. The van der Waals surface area contributed by atoms with Crippen molar-refractivity contribution in [2.24, 2.45) is 0 Å². The summed E-state index contributed by atoms with van der Waals surface area (Å²) in [6.45, 7) is 3.41. The zero-order valence-corrected chi connectivity index (χ0v) is 13.4. The van der Waals surface area contributed by atoms with Gasteiger partial charge in [0.05, 0.1) is 6.61 Å². The zero-order chi connectivity index (χ0) is 15.9. The lowest BCUT2D eigenvalue weighted by molar-refractivity contribution is 0.134. The molecule has 0 saturated carbocycles. The van der Waals surface area contributed by atoms with E-state index in [1.54, 1.807) is 0 Å². The van der Waals surface area contributed by atoms with Crippen molar-refractivity contribution >= 4 is 17.1 Å². The molecule has 3 rings (SSSR count). The van der Waals surface area contributed by atoms with Crippen LogP contribution in [-0.2, 0) is 11.3 Å². The van der Waals surface area contributed by atoms with Crippen LogP contribution in [0.15, 0.2) is 84.9 Å². The van der Waals surface area contributed by atoms with E-state index < -0.39 is 0 Å². The van der Waals surface area contributed by atoms with Gasteiger partial charge in [-0.2, -0.15) is 0 Å². The van der Waals surface area contributed by atoms with Crippen LogP contribution in [0, 0.1) is 0 Å². The number of ether oxygens (including phenoxy) is 1. The van der Waals surface area contributed by atoms with Gasteiger partial charge in [-0.05, 0) is 48.9 Å². The van der Waals surface area contributed by atoms with Crippen molar-refractivity contribution in [2.45, 2.75) is 13.5 Å². The molecule has 116 valence electrons. The van der Waals surface area contributed by atoms with E-state index in [4.69, 9.17) is 4.74 Å². The van der Waals surface area contributed by atoms with E-state index in [9.17, 15) is 0 Å². The molecule has 0 atom stereocenters. The summed E-state index contributed by atoms with van der Waals surface area (Å²) in [5.41, 5.74) is 4.63. The van der Waals surface area contributed by atoms with Gasteiger partial charge in [-0.1, -0.05) is 48.5 Å². The summed E-state index contributed by atoms with van der Waals surface area (Å²) in [4.78, 5) is 2.25. The molecule has 0 fully saturated rings. The monoisotopic (exact) mass is 303 g/mol. The smallest absolute Gasteiger partial charge is 0.0716 e. The minimum absolute atomic E-state index is 0.660. The molecule has 0 amide bonds. The normalized spacial score (nSPS) is 10.5. The zero-order valence-electron chi connectivity index (χ0n) is 13.4. The Labute approximate surface area is 138 Å². The largest absolute Gasteiger partial charge is 0.377 e. The van der Waals surface area contributed by atoms with Crippen LogP contribution >= 0.6 is 0 Å². The second-order valence-corrected chi connectivity index (χ2v) is 5.31. The Morgan fingerprint density at radius 2 is 1.13 bits per heavy atom. The second kappa shape index (κ2) is 7.61. The number of anilines is 3. The fourth-order valence-electron chi connectivity index (χ4n) is 2.56. The van der Waals surface area contributed by atoms with E-state index in [-0.39, 0.29) is 0 Å². The van der Waals surface area contributed by atoms with Crippen LogP contribution in [0.2, 0.25) is 0 Å². The number of benzene rings is 3. The average molecular weight is 303 g/mol. The summed E-state index contributed by atoms with van der Waals surface area (Å²) < 4.78 is 5.48. The van der Waals surface area contributed by atoms with Gasteiger partial charge in [0.25, 0.3) is 0 Å². The average Bonchev–Trinajstić information content (AvgIpc) is 2.63. The van der Waals surface area contributed by atoms with Crippen molar-refractivity contribution in [3.8, 4) is 0 Å². The summed E-state index contributed by atoms with van der Waals surface area (Å²) in [5, 5.41) is 0. The maximum absolute atomic E-state index is 5.48. The van der Waals surface area contributed by atoms with Crippen molar-refractivity contribution < 1.29 is 4.74 Å². The molecule has 0 heterocycles. The van der Waals surface area contributed by atoms with Gasteiger partial charge in [0.2, 0.25) is 0 Å². The second-order valence-electron chi connectivity index (χ2n) is 5.31. The lowest BCUT2D eigenvalue weighted by atomic mass is 10.1. The van der Waals surface area contributed by atoms with Gasteiger partial charge in [-0.25, -0.2) is 0 Å². The van der Waals surface area contributed by atoms with E-state index >= 15 is 0 Å². The molecule has 0 unspecified atom stereocenters. The Bertz CT molecular complexity index is 668. The van der Waals surface area contributed by atoms with Gasteiger partial charge in [-0.3, -0.25) is 0 Å². The summed E-state index contributed by atoms with van der Waals surface area (Å²) >= 11 is 0. The first-order chi connectivity index (χ1) is 11.4. The Morgan fingerprint density at radius 1 is 0.652 bits per heavy atom. The van der Waals surface area contributed by atoms with Crippen molar-refractivity contribution in [3.05, 3.63) is 90.5 Å². The van der Waals surface area contributed by atoms with Gasteiger partial charge in [0.1, 0.15) is 0 Å². The molecule has 0 spiro atoms. The first-order valence-corrected chi connectivity index (χ1v) is 7.95. The molecule has 23 heavy (non-hydrogen) atoms. The fourth-order valence-corrected chi connectivity index (χ4v) is 2.56. The molecule has 3 aromatic carbocycles. The quantitative estimate of drug-likeness (QED) is 0.579. The predicted octanol–water partition coefficient (Wildman–Crippen LogP) is 5.69. The molecular formula is C21H21NO. The van der Waals surface area contributed by atoms with Crippen LogP contribution in [-0.4, -0.2) is 6.61 Å². The minimum Gasteiger partial charge on any atom is -0.377 e. The molecular weight excluding hydrogens is 282 g/mol. The number of para-hydroxylation sites is 2. The van der Waals surface area contributed by atoms with Crippen molar-refractivity contribution in [3.63, 3.8) is 0 Å². The lowest BCUT2D eigenvalue weighted by Gasteiger charge is -2.25. The maximum atomic E-state index is 5.48. The highest BCUT2D eigenvalue weighted by molar-refractivity contribution is 5.76. The first kappa shape index (κ1) is 15.3. The van der Waals surface area contributed by atoms with E-state index in [1.165, 1.54) is 5.56 Å². The topological polar surface area (TPSA) is 12.5 Å². The standard InChI is InChI=1S/C21H21NO/c1-2-23-17-18-13-15-21(16-14-18)22(19-9-5-3-6-10-19)20-11-7-4-8-12-20/h3-16H,2,17H2,1H3. The van der Waals surface area contributed by atoms with Crippen LogP contribution in [0.25, 0.3) is 0 Å². The van der Waals surface area contributed by atoms with Gasteiger partial charge in [0, 0.05) is 23.7 Å². The third-order valence-electron chi connectivity index (χ3n) is 3.70. The molecule has 0 N–H and O–H groups in total. The van der Waals surface area contributed by atoms with Gasteiger partial charge in [-0.15, -0.1) is 0 Å². The van der Waals surface area contributed by atoms with Gasteiger partial charge >= 0.3 is 0 Å². The molecule has 0 radical (unpaired) electrons. The Balaban J connectivity index is 1.96. The molecule has 3 aromatic rings. The highest BCUT2D eigenvalue weighted by atomic mass is 16.5. The number of rotatable bonds is 6. The van der Waals surface area contributed by atoms with Crippen LogP contribution in [0.5, 0.6) is 0 Å². The third-order valence-corrected chi connectivity index (χ3v) is 3.70. The minimum atomic E-state index is 0.660. The van der Waals surface area contributed by atoms with E-state index in [0.29, 0.717) is 6.61 Å². The molecule has 2 heteroatoms. The molecule has 0 aliphatic carbocycles. The summed E-state index contributed by atoms with van der Waals surface area (Å²) in [6.07, 6.45) is 0. The van der Waals surface area contributed by atoms with E-state index in [2.05, 4.69) is 77.7 Å². The van der Waals surface area contributed by atoms with Crippen LogP contribution < -0.4 is 4.90 Å². The molecule has 0 aliphatic rings. The SMILES string of the molecule is CCOCc1ccc(N(c2ccccc2)c2ccccc2)cc1. The molecule has 0 bridgehead atoms. The fraction of sp³-hybridized carbons (Fsp3) is 0.143. The van der Waals surface area contributed by atoms with Crippen molar-refractivity contribution in [1.29, 1.82) is 0 Å². The highest BCUT2D eigenvalue weighted by Gasteiger charge is 2.11. The summed E-state index contributed by atoms with van der Waals surface area (Å²) in [5.74, 6) is 0. The number of hydrogen-bond donors (Lipinski definition) is 0. The van der Waals surface area contributed by atoms with E-state index in [1.807, 2.05) is 19.1 Å². The summed E-state index contributed by atoms with van der Waals surface area (Å²) in [7, 11) is 0. The van der Waals surface area contributed by atoms with Crippen LogP contribution in [0.1, 0.15) is 12.5 Å². The Morgan fingerprint density at radius 3 is 1.61 bits per heavy atom. The van der Waals surface area contributed by atoms with Gasteiger partial charge < -0.3 is 9.64 Å². The summed E-state index contributed by atoms with van der Waals surface area (Å²) in [6, 6.07) is 29.4. The predicted molar refractivity (Wildman–Crippen MR) is 96.5 cm³/mol. The van der Waals surface area contributed by atoms with Gasteiger partial charge in [0.15, 0.2) is 0 Å². The Kier molecular flexibility index (Phi) is 5.07. The third kappa shape index (κ3) is 3.79. The highest BCUT2D eigenvalue weighted by Crippen LogP contribution is 2.33. The molecule has 2 nitrogen and oxygen atoms in total. The van der Waals surface area contributed by atoms with Crippen molar-refractivity contribution in [2.75, 3.05) is 11.5 Å². The first-order valence-electron chi connectivity index (χ1n) is 7.95. The van der Waals surface area contributed by atoms with Crippen molar-refractivity contribution in [1.82, 2.24) is 0 Å². The number of hydrogen-bond acceptors (Lipinski definition) is 2. The van der Waals surface area contributed by atoms with Crippen LogP contribution in [0.4, 0.5) is 17.1 Å². The molecule has 0 saturated heterocycles. The van der Waals surface area contributed by atoms with E-state index in [0.717, 1.165) is 23.7 Å². The molecule has 0 aliphatic heterocycles. The Hall–Kier alpha value is -2.58. The van der Waals surface area contributed by atoms with Crippen LogP contribution in [0.3, 0.4) is 0 Å². The molecule has 0 aromatic heterocycles. The maximum Gasteiger partial charge on any atom is 0.0716 e. The lowest BCUT2D eigenvalue weighted by Crippen LogP contribution is -2.09.